The number of hydrogen-bond acceptors (Lipinski definition) is 1. The lowest BCUT2D eigenvalue weighted by atomic mass is 10.1. The SMILES string of the molecule is O=Cc1ccc(C#CC#Cc2ccccc2)cc1. The molecule has 0 aliphatic rings. The maximum absolute atomic E-state index is 10.5. The van der Waals surface area contributed by atoms with Crippen molar-refractivity contribution in [3.63, 3.8) is 0 Å². The van der Waals surface area contributed by atoms with E-state index < -0.39 is 0 Å². The van der Waals surface area contributed by atoms with Crippen LogP contribution >= 0.6 is 0 Å². The lowest BCUT2D eigenvalue weighted by molar-refractivity contribution is 0.112. The zero-order valence-corrected chi connectivity index (χ0v) is 9.68. The average molecular weight is 230 g/mol. The van der Waals surface area contributed by atoms with Crippen molar-refractivity contribution in [3.8, 4) is 23.7 Å². The second kappa shape index (κ2) is 6.09. The highest BCUT2D eigenvalue weighted by atomic mass is 16.1. The summed E-state index contributed by atoms with van der Waals surface area (Å²) < 4.78 is 0. The molecule has 0 N–H and O–H groups in total. The molecule has 84 valence electrons. The minimum absolute atomic E-state index is 0.649. The van der Waals surface area contributed by atoms with Gasteiger partial charge in [-0.15, -0.1) is 0 Å². The van der Waals surface area contributed by atoms with Gasteiger partial charge in [-0.1, -0.05) is 42.2 Å². The van der Waals surface area contributed by atoms with Gasteiger partial charge in [-0.25, -0.2) is 0 Å². The number of hydrogen-bond donors (Lipinski definition) is 0. The van der Waals surface area contributed by atoms with Gasteiger partial charge in [0.2, 0.25) is 0 Å². The van der Waals surface area contributed by atoms with E-state index in [0.29, 0.717) is 5.56 Å². The van der Waals surface area contributed by atoms with Crippen molar-refractivity contribution in [3.05, 3.63) is 71.3 Å². The second-order valence-electron chi connectivity index (χ2n) is 3.61. The van der Waals surface area contributed by atoms with E-state index in [0.717, 1.165) is 17.4 Å². The third-order valence-electron chi connectivity index (χ3n) is 2.30. The minimum atomic E-state index is 0.649. The van der Waals surface area contributed by atoms with Gasteiger partial charge < -0.3 is 0 Å². The zero-order valence-electron chi connectivity index (χ0n) is 9.68. The first-order valence-corrected chi connectivity index (χ1v) is 5.51. The quantitative estimate of drug-likeness (QED) is 0.544. The molecular formula is C17H10O. The molecule has 1 heteroatoms. The summed E-state index contributed by atoms with van der Waals surface area (Å²) in [4.78, 5) is 10.5. The minimum Gasteiger partial charge on any atom is -0.298 e. The van der Waals surface area contributed by atoms with Gasteiger partial charge in [0, 0.05) is 16.7 Å². The Morgan fingerprint density at radius 3 is 1.83 bits per heavy atom. The average Bonchev–Trinajstić information content (AvgIpc) is 2.45. The van der Waals surface area contributed by atoms with E-state index in [1.807, 2.05) is 30.3 Å². The summed E-state index contributed by atoms with van der Waals surface area (Å²) in [6.45, 7) is 0. The molecule has 0 aliphatic carbocycles. The third kappa shape index (κ3) is 3.37. The third-order valence-corrected chi connectivity index (χ3v) is 2.30. The molecule has 0 saturated carbocycles. The predicted molar refractivity (Wildman–Crippen MR) is 72.0 cm³/mol. The van der Waals surface area contributed by atoms with Crippen LogP contribution in [0.2, 0.25) is 0 Å². The zero-order chi connectivity index (χ0) is 12.6. The number of carbonyl (C=O) groups excluding carboxylic acids is 1. The second-order valence-corrected chi connectivity index (χ2v) is 3.61. The van der Waals surface area contributed by atoms with Crippen LogP contribution < -0.4 is 0 Å². The Balaban J connectivity index is 2.09. The summed E-state index contributed by atoms with van der Waals surface area (Å²) in [5, 5.41) is 0. The van der Waals surface area contributed by atoms with Crippen LogP contribution in [0.15, 0.2) is 54.6 Å². The summed E-state index contributed by atoms with van der Waals surface area (Å²) >= 11 is 0. The summed E-state index contributed by atoms with van der Waals surface area (Å²) in [5.41, 5.74) is 2.45. The molecule has 0 bridgehead atoms. The lowest BCUT2D eigenvalue weighted by Crippen LogP contribution is -1.79. The maximum atomic E-state index is 10.5. The number of benzene rings is 2. The van der Waals surface area contributed by atoms with Crippen molar-refractivity contribution < 1.29 is 4.79 Å². The predicted octanol–water partition coefficient (Wildman–Crippen LogP) is 2.90. The Bertz CT molecular complexity index is 644. The van der Waals surface area contributed by atoms with Crippen LogP contribution in [0.25, 0.3) is 0 Å². The number of aldehydes is 1. The molecule has 0 aromatic heterocycles. The van der Waals surface area contributed by atoms with Crippen LogP contribution in [0.1, 0.15) is 21.5 Å². The van der Waals surface area contributed by atoms with Crippen LogP contribution in [0, 0.1) is 23.7 Å². The van der Waals surface area contributed by atoms with Crippen molar-refractivity contribution in [2.24, 2.45) is 0 Å². The van der Waals surface area contributed by atoms with E-state index in [1.165, 1.54) is 0 Å². The van der Waals surface area contributed by atoms with Gasteiger partial charge in [0.25, 0.3) is 0 Å². The molecule has 0 saturated heterocycles. The maximum Gasteiger partial charge on any atom is 0.150 e. The van der Waals surface area contributed by atoms with E-state index in [-0.39, 0.29) is 0 Å². The van der Waals surface area contributed by atoms with E-state index in [1.54, 1.807) is 24.3 Å². The van der Waals surface area contributed by atoms with E-state index >= 15 is 0 Å². The van der Waals surface area contributed by atoms with Crippen molar-refractivity contribution in [2.45, 2.75) is 0 Å². The first-order chi connectivity index (χ1) is 8.88. The van der Waals surface area contributed by atoms with E-state index in [4.69, 9.17) is 0 Å². The fourth-order valence-corrected chi connectivity index (χ4v) is 1.37. The highest BCUT2D eigenvalue weighted by Crippen LogP contribution is 2.00. The van der Waals surface area contributed by atoms with Gasteiger partial charge in [-0.05, 0) is 36.1 Å². The van der Waals surface area contributed by atoms with Crippen LogP contribution in [0.5, 0.6) is 0 Å². The molecule has 0 heterocycles. The Morgan fingerprint density at radius 2 is 1.28 bits per heavy atom. The van der Waals surface area contributed by atoms with Gasteiger partial charge in [0.05, 0.1) is 0 Å². The fraction of sp³-hybridized carbons (Fsp3) is 0. The first-order valence-electron chi connectivity index (χ1n) is 5.51. The molecule has 0 fully saturated rings. The molecule has 2 aromatic rings. The summed E-state index contributed by atoms with van der Waals surface area (Å²) in [7, 11) is 0. The van der Waals surface area contributed by atoms with Crippen LogP contribution in [-0.4, -0.2) is 6.29 Å². The normalized spacial score (nSPS) is 8.44. The van der Waals surface area contributed by atoms with Crippen LogP contribution in [0.4, 0.5) is 0 Å². The van der Waals surface area contributed by atoms with E-state index in [2.05, 4.69) is 23.7 Å². The molecule has 18 heavy (non-hydrogen) atoms. The molecule has 1 nitrogen and oxygen atoms in total. The molecule has 0 atom stereocenters. The summed E-state index contributed by atoms with van der Waals surface area (Å²) in [5.74, 6) is 11.5. The molecule has 2 rings (SSSR count). The largest absolute Gasteiger partial charge is 0.298 e. The molecule has 0 unspecified atom stereocenters. The van der Waals surface area contributed by atoms with Gasteiger partial charge >= 0.3 is 0 Å². The van der Waals surface area contributed by atoms with Gasteiger partial charge in [0.15, 0.2) is 0 Å². The standard InChI is InChI=1S/C17H10O/c18-14-17-12-10-16(11-13-17)9-5-4-8-15-6-2-1-3-7-15/h1-3,6-7,10-14H. The first kappa shape index (κ1) is 11.7. The van der Waals surface area contributed by atoms with Gasteiger partial charge in [-0.3, -0.25) is 4.79 Å². The van der Waals surface area contributed by atoms with Gasteiger partial charge in [0.1, 0.15) is 6.29 Å². The van der Waals surface area contributed by atoms with Crippen LogP contribution in [0.3, 0.4) is 0 Å². The summed E-state index contributed by atoms with van der Waals surface area (Å²) in [6, 6.07) is 16.8. The molecule has 0 amide bonds. The molecule has 0 spiro atoms. The lowest BCUT2D eigenvalue weighted by Gasteiger charge is -1.89. The van der Waals surface area contributed by atoms with Crippen molar-refractivity contribution >= 4 is 6.29 Å². The highest BCUT2D eigenvalue weighted by molar-refractivity contribution is 5.74. The topological polar surface area (TPSA) is 17.1 Å². The van der Waals surface area contributed by atoms with Crippen LogP contribution in [-0.2, 0) is 0 Å². The van der Waals surface area contributed by atoms with Crippen molar-refractivity contribution in [1.82, 2.24) is 0 Å². The molecule has 2 aromatic carbocycles. The van der Waals surface area contributed by atoms with Gasteiger partial charge in [-0.2, -0.15) is 0 Å². The Morgan fingerprint density at radius 1 is 0.722 bits per heavy atom. The number of carbonyl (C=O) groups is 1. The van der Waals surface area contributed by atoms with Crippen molar-refractivity contribution in [1.29, 1.82) is 0 Å². The summed E-state index contributed by atoms with van der Waals surface area (Å²) in [6.07, 6.45) is 0.812. The Labute approximate surface area is 106 Å². The molecular weight excluding hydrogens is 220 g/mol. The van der Waals surface area contributed by atoms with E-state index in [9.17, 15) is 4.79 Å². The van der Waals surface area contributed by atoms with Crippen molar-refractivity contribution in [2.75, 3.05) is 0 Å². The smallest absolute Gasteiger partial charge is 0.150 e. The molecule has 0 radical (unpaired) electrons. The Kier molecular flexibility index (Phi) is 3.96. The highest BCUT2D eigenvalue weighted by Gasteiger charge is 1.88. The monoisotopic (exact) mass is 230 g/mol. The number of rotatable bonds is 1. The fourth-order valence-electron chi connectivity index (χ4n) is 1.37. The molecule has 0 aliphatic heterocycles. The Hall–Kier alpha value is -2.77.